The fourth-order valence-corrected chi connectivity index (χ4v) is 4.04. The minimum absolute atomic E-state index is 0.0353. The van der Waals surface area contributed by atoms with Crippen LogP contribution in [0, 0.1) is 0 Å². The number of rotatable bonds is 10. The van der Waals surface area contributed by atoms with Crippen LogP contribution in [-0.4, -0.2) is 92.8 Å². The maximum atomic E-state index is 13.1. The minimum Gasteiger partial charge on any atom is -0.480 e. The molecule has 8 N–H and O–H groups in total. The van der Waals surface area contributed by atoms with Crippen LogP contribution in [0.15, 0.2) is 30.5 Å². The zero-order valence-electron chi connectivity index (χ0n) is 18.4. The highest BCUT2D eigenvalue weighted by Crippen LogP contribution is 2.20. The third-order valence-corrected chi connectivity index (χ3v) is 5.88. The lowest BCUT2D eigenvalue weighted by Crippen LogP contribution is -2.58. The van der Waals surface area contributed by atoms with Gasteiger partial charge in [0.2, 0.25) is 17.7 Å². The van der Waals surface area contributed by atoms with Crippen molar-refractivity contribution in [3.63, 3.8) is 0 Å². The van der Waals surface area contributed by atoms with Crippen LogP contribution in [0.3, 0.4) is 0 Å². The van der Waals surface area contributed by atoms with Gasteiger partial charge in [-0.3, -0.25) is 14.4 Å². The number of aromatic nitrogens is 1. The summed E-state index contributed by atoms with van der Waals surface area (Å²) in [4.78, 5) is 53.9. The predicted octanol–water partition coefficient (Wildman–Crippen LogP) is -1.93. The van der Waals surface area contributed by atoms with E-state index in [4.69, 9.17) is 5.73 Å². The molecule has 1 aromatic carbocycles. The number of hydrogen-bond donors (Lipinski definition) is 7. The van der Waals surface area contributed by atoms with Gasteiger partial charge < -0.3 is 41.6 Å². The van der Waals surface area contributed by atoms with Crippen molar-refractivity contribution >= 4 is 34.6 Å². The summed E-state index contributed by atoms with van der Waals surface area (Å²) < 4.78 is 0. The number of nitrogens with zero attached hydrogens (tertiary/aromatic N) is 1. The molecule has 2 heterocycles. The van der Waals surface area contributed by atoms with E-state index in [1.165, 1.54) is 0 Å². The molecule has 1 saturated heterocycles. The Morgan fingerprint density at radius 2 is 1.79 bits per heavy atom. The molecular formula is C22H29N5O7. The van der Waals surface area contributed by atoms with E-state index in [0.717, 1.165) is 15.8 Å². The van der Waals surface area contributed by atoms with E-state index in [1.54, 1.807) is 6.20 Å². The van der Waals surface area contributed by atoms with Crippen LogP contribution in [-0.2, 0) is 25.6 Å². The maximum Gasteiger partial charge on any atom is 0.326 e. The highest BCUT2D eigenvalue weighted by atomic mass is 16.4. The van der Waals surface area contributed by atoms with E-state index >= 15 is 0 Å². The predicted molar refractivity (Wildman–Crippen MR) is 120 cm³/mol. The number of amides is 3. The molecule has 4 atom stereocenters. The van der Waals surface area contributed by atoms with Crippen molar-refractivity contribution in [2.75, 3.05) is 19.8 Å². The minimum atomic E-state index is -1.39. The number of fused-ring (bicyclic) bond motifs is 1. The van der Waals surface area contributed by atoms with E-state index in [1.807, 2.05) is 24.3 Å². The molecule has 2 aromatic rings. The Labute approximate surface area is 195 Å². The first kappa shape index (κ1) is 25.1. The number of carboxylic acids is 1. The quantitative estimate of drug-likeness (QED) is 0.206. The molecule has 12 nitrogen and oxygen atoms in total. The van der Waals surface area contributed by atoms with Crippen LogP contribution in [0.5, 0.6) is 0 Å². The van der Waals surface area contributed by atoms with Gasteiger partial charge in [0.05, 0.1) is 13.2 Å². The molecular weight excluding hydrogens is 446 g/mol. The second-order valence-corrected chi connectivity index (χ2v) is 8.19. The van der Waals surface area contributed by atoms with Crippen molar-refractivity contribution < 1.29 is 34.5 Å². The molecule has 3 rings (SSSR count). The number of carbonyl (C=O) groups is 4. The van der Waals surface area contributed by atoms with Gasteiger partial charge in [0.25, 0.3) is 0 Å². The zero-order valence-corrected chi connectivity index (χ0v) is 18.4. The van der Waals surface area contributed by atoms with Crippen LogP contribution < -0.4 is 16.4 Å². The van der Waals surface area contributed by atoms with Gasteiger partial charge in [-0.05, 0) is 24.5 Å². The highest BCUT2D eigenvalue weighted by molar-refractivity contribution is 5.95. The summed E-state index contributed by atoms with van der Waals surface area (Å²) >= 11 is 0. The molecule has 0 aliphatic carbocycles. The van der Waals surface area contributed by atoms with E-state index in [-0.39, 0.29) is 19.4 Å². The third-order valence-electron chi connectivity index (χ3n) is 5.88. The fraction of sp³-hybridized carbons (Fsp3) is 0.455. The summed E-state index contributed by atoms with van der Waals surface area (Å²) in [6, 6.07) is 2.51. The number of para-hydroxylation sites is 1. The molecule has 3 amide bonds. The summed E-state index contributed by atoms with van der Waals surface area (Å²) in [7, 11) is 0. The molecule has 0 bridgehead atoms. The van der Waals surface area contributed by atoms with Crippen LogP contribution in [0.2, 0.25) is 0 Å². The third kappa shape index (κ3) is 5.53. The Morgan fingerprint density at radius 1 is 1.09 bits per heavy atom. The Kier molecular flexibility index (Phi) is 8.21. The van der Waals surface area contributed by atoms with Gasteiger partial charge in [-0.2, -0.15) is 0 Å². The molecule has 1 fully saturated rings. The maximum absolute atomic E-state index is 13.1. The lowest BCUT2D eigenvalue weighted by molar-refractivity contribution is -0.150. The molecule has 4 unspecified atom stereocenters. The fourth-order valence-electron chi connectivity index (χ4n) is 4.04. The number of nitrogens with two attached hydrogens (primary N) is 1. The average molecular weight is 476 g/mol. The number of aliphatic hydroxyl groups is 2. The Morgan fingerprint density at radius 3 is 2.47 bits per heavy atom. The molecule has 34 heavy (non-hydrogen) atoms. The molecule has 0 radical (unpaired) electrons. The topological polar surface area (TPSA) is 198 Å². The van der Waals surface area contributed by atoms with Crippen molar-refractivity contribution in [2.24, 2.45) is 5.73 Å². The lowest BCUT2D eigenvalue weighted by Gasteiger charge is -2.28. The summed E-state index contributed by atoms with van der Waals surface area (Å²) in [5, 5.41) is 34.0. The van der Waals surface area contributed by atoms with Gasteiger partial charge in [-0.15, -0.1) is 0 Å². The lowest BCUT2D eigenvalue weighted by atomic mass is 10.0. The zero-order chi connectivity index (χ0) is 24.8. The first-order valence-corrected chi connectivity index (χ1v) is 10.9. The summed E-state index contributed by atoms with van der Waals surface area (Å²) in [5.74, 6) is -3.40. The second kappa shape index (κ2) is 11.1. The van der Waals surface area contributed by atoms with Crippen molar-refractivity contribution in [1.82, 2.24) is 20.5 Å². The number of hydrogen-bond acceptors (Lipinski definition) is 7. The van der Waals surface area contributed by atoms with Crippen molar-refractivity contribution in [1.29, 1.82) is 0 Å². The number of aromatic amines is 1. The van der Waals surface area contributed by atoms with Crippen molar-refractivity contribution in [3.8, 4) is 0 Å². The number of likely N-dealkylation sites (tertiary alicyclic amines) is 1. The van der Waals surface area contributed by atoms with E-state index in [2.05, 4.69) is 15.6 Å². The molecule has 1 aromatic heterocycles. The van der Waals surface area contributed by atoms with Gasteiger partial charge in [0.1, 0.15) is 24.2 Å². The first-order valence-electron chi connectivity index (χ1n) is 10.9. The largest absolute Gasteiger partial charge is 0.480 e. The van der Waals surface area contributed by atoms with Crippen LogP contribution in [0.4, 0.5) is 0 Å². The number of H-pyrrole nitrogens is 1. The SMILES string of the molecule is NC(CO)C(=O)NC(Cc1c[nH]c2ccccc12)C(=O)NC(CO)C(=O)N1CCCC1C(=O)O. The van der Waals surface area contributed by atoms with Crippen LogP contribution >= 0.6 is 0 Å². The van der Waals surface area contributed by atoms with Gasteiger partial charge in [-0.25, -0.2) is 4.79 Å². The van der Waals surface area contributed by atoms with Gasteiger partial charge in [0.15, 0.2) is 0 Å². The summed E-state index contributed by atoms with van der Waals surface area (Å²) in [6.45, 7) is -1.18. The molecule has 184 valence electrons. The van der Waals surface area contributed by atoms with Crippen LogP contribution in [0.25, 0.3) is 10.9 Å². The number of aliphatic hydroxyl groups excluding tert-OH is 2. The van der Waals surface area contributed by atoms with Crippen molar-refractivity contribution in [2.45, 2.75) is 43.4 Å². The molecule has 1 aliphatic rings. The average Bonchev–Trinajstić information content (AvgIpc) is 3.48. The Hall–Kier alpha value is -3.48. The van der Waals surface area contributed by atoms with Crippen molar-refractivity contribution in [3.05, 3.63) is 36.0 Å². The first-order chi connectivity index (χ1) is 16.3. The number of carboxylic acid groups (broad SMARTS) is 1. The molecule has 0 spiro atoms. The molecule has 0 saturated carbocycles. The van der Waals surface area contributed by atoms with Gasteiger partial charge in [0, 0.05) is 30.1 Å². The second-order valence-electron chi connectivity index (χ2n) is 8.19. The molecule has 12 heteroatoms. The smallest absolute Gasteiger partial charge is 0.326 e. The normalized spacial score (nSPS) is 18.3. The van der Waals surface area contributed by atoms with Gasteiger partial charge >= 0.3 is 5.97 Å². The van der Waals surface area contributed by atoms with E-state index in [9.17, 15) is 34.5 Å². The van der Waals surface area contributed by atoms with Gasteiger partial charge in [-0.1, -0.05) is 18.2 Å². The Balaban J connectivity index is 1.79. The van der Waals surface area contributed by atoms with E-state index < -0.39 is 61.1 Å². The number of aliphatic carboxylic acids is 1. The Bertz CT molecular complexity index is 1060. The molecule has 1 aliphatic heterocycles. The standard InChI is InChI=1S/C22H29N5O7/c23-14(10-28)19(30)25-16(8-12-9-24-15-5-2-1-4-13(12)15)20(31)26-17(11-29)21(32)27-7-3-6-18(27)22(33)34/h1-2,4-5,9,14,16-18,24,28-29H,3,6-8,10-11,23H2,(H,25,30)(H,26,31)(H,33,34). The summed E-state index contributed by atoms with van der Waals surface area (Å²) in [5.41, 5.74) is 7.11. The number of carbonyl (C=O) groups excluding carboxylic acids is 3. The number of nitrogens with one attached hydrogen (secondary N) is 3. The highest BCUT2D eigenvalue weighted by Gasteiger charge is 2.38. The summed E-state index contributed by atoms with van der Waals surface area (Å²) in [6.07, 6.45) is 2.51. The van der Waals surface area contributed by atoms with Crippen LogP contribution in [0.1, 0.15) is 18.4 Å². The van der Waals surface area contributed by atoms with E-state index in [0.29, 0.717) is 12.0 Å². The number of benzene rings is 1. The monoisotopic (exact) mass is 475 g/mol.